The van der Waals surface area contributed by atoms with E-state index in [1.54, 1.807) is 0 Å². The fourth-order valence-corrected chi connectivity index (χ4v) is 2.78. The minimum atomic E-state index is -1.31. The maximum absolute atomic E-state index is 12.4. The van der Waals surface area contributed by atoms with E-state index in [4.69, 9.17) is 16.6 Å². The van der Waals surface area contributed by atoms with E-state index in [1.807, 2.05) is 0 Å². The van der Waals surface area contributed by atoms with Crippen molar-refractivity contribution in [2.45, 2.75) is 63.7 Å². The summed E-state index contributed by atoms with van der Waals surface area (Å²) < 4.78 is 0. The Balaban J connectivity index is 2.65. The first-order chi connectivity index (χ1) is 12.5. The van der Waals surface area contributed by atoms with Gasteiger partial charge >= 0.3 is 5.97 Å². The number of carboxylic acids is 1. The van der Waals surface area contributed by atoms with Gasteiger partial charge in [0.2, 0.25) is 23.6 Å². The number of aliphatic carboxylic acids is 1. The van der Waals surface area contributed by atoms with Crippen molar-refractivity contribution >= 4 is 29.6 Å². The number of nitrogens with one attached hydrogen (secondary N) is 2. The summed E-state index contributed by atoms with van der Waals surface area (Å²) in [7, 11) is 0. The molecule has 4 amide bonds. The average molecular weight is 385 g/mol. The van der Waals surface area contributed by atoms with Crippen LogP contribution in [0.25, 0.3) is 0 Å². The number of carbonyl (C=O) groups excluding carboxylic acids is 4. The molecule has 0 bridgehead atoms. The minimum Gasteiger partial charge on any atom is -0.480 e. The maximum atomic E-state index is 12.4. The van der Waals surface area contributed by atoms with E-state index in [0.717, 1.165) is 0 Å². The molecule has 4 unspecified atom stereocenters. The highest BCUT2D eigenvalue weighted by atomic mass is 16.4. The van der Waals surface area contributed by atoms with Crippen molar-refractivity contribution in [2.75, 3.05) is 6.54 Å². The highest BCUT2D eigenvalue weighted by Crippen LogP contribution is 2.18. The largest absolute Gasteiger partial charge is 0.480 e. The normalized spacial score (nSPS) is 19.7. The molecule has 0 aliphatic carbocycles. The molecule has 1 rings (SSSR count). The number of nitrogens with two attached hydrogens (primary N) is 2. The molecule has 7 N–H and O–H groups in total. The van der Waals surface area contributed by atoms with Gasteiger partial charge in [-0.1, -0.05) is 0 Å². The van der Waals surface area contributed by atoms with Gasteiger partial charge < -0.3 is 32.1 Å². The number of hydrogen-bond donors (Lipinski definition) is 5. The van der Waals surface area contributed by atoms with Crippen LogP contribution < -0.4 is 22.1 Å². The lowest BCUT2D eigenvalue weighted by Gasteiger charge is -2.27. The zero-order valence-electron chi connectivity index (χ0n) is 15.4. The molecule has 11 heteroatoms. The number of likely N-dealkylation sites (tertiary alicyclic amines) is 1. The van der Waals surface area contributed by atoms with Gasteiger partial charge in [-0.05, 0) is 33.1 Å². The highest BCUT2D eigenvalue weighted by Gasteiger charge is 2.36. The lowest BCUT2D eigenvalue weighted by Crippen LogP contribution is -2.55. The van der Waals surface area contributed by atoms with E-state index in [0.29, 0.717) is 19.4 Å². The standard InChI is InChI=1S/C16H27N5O6/c1-8(17)15(25)21-7-3-4-11(21)14(24)19-9(2)13(23)20-10(16(26)27)5-6-12(18)22/h8-11H,3-7,17H2,1-2H3,(H2,18,22)(H,19,24)(H,20,23)(H,26,27). The average Bonchev–Trinajstić information content (AvgIpc) is 3.06. The number of carboxylic acid groups (broad SMARTS) is 1. The Morgan fingerprint density at radius 2 is 1.81 bits per heavy atom. The van der Waals surface area contributed by atoms with Crippen molar-refractivity contribution in [3.8, 4) is 0 Å². The van der Waals surface area contributed by atoms with E-state index in [1.165, 1.54) is 18.7 Å². The van der Waals surface area contributed by atoms with Crippen LogP contribution in [-0.2, 0) is 24.0 Å². The molecule has 0 saturated carbocycles. The van der Waals surface area contributed by atoms with Crippen molar-refractivity contribution in [3.63, 3.8) is 0 Å². The predicted molar refractivity (Wildman–Crippen MR) is 94.0 cm³/mol. The number of rotatable bonds is 9. The Morgan fingerprint density at radius 1 is 1.19 bits per heavy atom. The lowest BCUT2D eigenvalue weighted by molar-refractivity contribution is -0.143. The third-order valence-electron chi connectivity index (χ3n) is 4.27. The van der Waals surface area contributed by atoms with Crippen LogP contribution in [0, 0.1) is 0 Å². The molecule has 0 aromatic rings. The molecule has 0 aromatic carbocycles. The van der Waals surface area contributed by atoms with Crippen LogP contribution in [0.3, 0.4) is 0 Å². The quantitative estimate of drug-likeness (QED) is 0.294. The van der Waals surface area contributed by atoms with Crippen LogP contribution in [0.1, 0.15) is 39.5 Å². The Hall–Kier alpha value is -2.69. The summed E-state index contributed by atoms with van der Waals surface area (Å²) in [6.07, 6.45) is 0.741. The number of carbonyl (C=O) groups is 5. The van der Waals surface area contributed by atoms with Crippen LogP contribution in [0.15, 0.2) is 0 Å². The highest BCUT2D eigenvalue weighted by molar-refractivity contribution is 5.94. The zero-order valence-corrected chi connectivity index (χ0v) is 15.4. The van der Waals surface area contributed by atoms with Crippen LogP contribution in [-0.4, -0.2) is 70.3 Å². The van der Waals surface area contributed by atoms with Gasteiger partial charge in [0.05, 0.1) is 6.04 Å². The minimum absolute atomic E-state index is 0.156. The summed E-state index contributed by atoms with van der Waals surface area (Å²) in [5.74, 6) is -3.57. The van der Waals surface area contributed by atoms with E-state index in [2.05, 4.69) is 10.6 Å². The van der Waals surface area contributed by atoms with Gasteiger partial charge in [-0.15, -0.1) is 0 Å². The second-order valence-electron chi connectivity index (χ2n) is 6.61. The van der Waals surface area contributed by atoms with Gasteiger partial charge in [0, 0.05) is 13.0 Å². The van der Waals surface area contributed by atoms with Gasteiger partial charge in [-0.2, -0.15) is 0 Å². The fraction of sp³-hybridized carbons (Fsp3) is 0.688. The monoisotopic (exact) mass is 385 g/mol. The van der Waals surface area contributed by atoms with Crippen LogP contribution >= 0.6 is 0 Å². The molecule has 0 aromatic heterocycles. The maximum Gasteiger partial charge on any atom is 0.326 e. The van der Waals surface area contributed by atoms with E-state index in [9.17, 15) is 24.0 Å². The molecule has 1 aliphatic rings. The number of hydrogen-bond acceptors (Lipinski definition) is 6. The lowest BCUT2D eigenvalue weighted by atomic mass is 10.1. The molecule has 152 valence electrons. The Bertz CT molecular complexity index is 608. The smallest absolute Gasteiger partial charge is 0.326 e. The van der Waals surface area contributed by atoms with Crippen molar-refractivity contribution in [1.82, 2.24) is 15.5 Å². The summed E-state index contributed by atoms with van der Waals surface area (Å²) in [5, 5.41) is 13.9. The van der Waals surface area contributed by atoms with Crippen LogP contribution in [0.5, 0.6) is 0 Å². The topological polar surface area (TPSA) is 185 Å². The first kappa shape index (κ1) is 22.4. The second kappa shape index (κ2) is 9.86. The molecule has 4 atom stereocenters. The number of primary amides is 1. The number of amides is 4. The molecule has 1 heterocycles. The third kappa shape index (κ3) is 6.51. The summed E-state index contributed by atoms with van der Waals surface area (Å²) >= 11 is 0. The summed E-state index contributed by atoms with van der Waals surface area (Å²) in [6, 6.07) is -3.78. The molecular weight excluding hydrogens is 358 g/mol. The molecule has 0 radical (unpaired) electrons. The van der Waals surface area contributed by atoms with Crippen molar-refractivity contribution in [1.29, 1.82) is 0 Å². The van der Waals surface area contributed by atoms with Crippen molar-refractivity contribution < 1.29 is 29.1 Å². The summed E-state index contributed by atoms with van der Waals surface area (Å²) in [6.45, 7) is 3.34. The van der Waals surface area contributed by atoms with Crippen molar-refractivity contribution in [3.05, 3.63) is 0 Å². The Morgan fingerprint density at radius 3 is 2.33 bits per heavy atom. The first-order valence-electron chi connectivity index (χ1n) is 8.72. The van der Waals surface area contributed by atoms with E-state index >= 15 is 0 Å². The molecular formula is C16H27N5O6. The van der Waals surface area contributed by atoms with Crippen LogP contribution in [0.4, 0.5) is 0 Å². The van der Waals surface area contributed by atoms with E-state index in [-0.39, 0.29) is 18.7 Å². The molecule has 1 aliphatic heterocycles. The Labute approximate surface area is 156 Å². The van der Waals surface area contributed by atoms with Crippen LogP contribution in [0.2, 0.25) is 0 Å². The Kier molecular flexibility index (Phi) is 8.16. The third-order valence-corrected chi connectivity index (χ3v) is 4.27. The van der Waals surface area contributed by atoms with Gasteiger partial charge in [0.1, 0.15) is 18.1 Å². The fourth-order valence-electron chi connectivity index (χ4n) is 2.78. The molecule has 1 saturated heterocycles. The van der Waals surface area contributed by atoms with Gasteiger partial charge in [0.15, 0.2) is 0 Å². The summed E-state index contributed by atoms with van der Waals surface area (Å²) in [4.78, 5) is 60.0. The summed E-state index contributed by atoms with van der Waals surface area (Å²) in [5.41, 5.74) is 10.6. The SMILES string of the molecule is CC(N)C(=O)N1CCCC1C(=O)NC(C)C(=O)NC(CCC(N)=O)C(=O)O. The molecule has 1 fully saturated rings. The molecule has 11 nitrogen and oxygen atoms in total. The van der Waals surface area contributed by atoms with E-state index < -0.39 is 47.9 Å². The molecule has 27 heavy (non-hydrogen) atoms. The first-order valence-corrected chi connectivity index (χ1v) is 8.72. The van der Waals surface area contributed by atoms with Gasteiger partial charge in [-0.25, -0.2) is 4.79 Å². The predicted octanol–water partition coefficient (Wildman–Crippen LogP) is -2.34. The zero-order chi connectivity index (χ0) is 20.7. The molecule has 0 spiro atoms. The van der Waals surface area contributed by atoms with Crippen molar-refractivity contribution in [2.24, 2.45) is 11.5 Å². The number of nitrogens with zero attached hydrogens (tertiary/aromatic N) is 1. The second-order valence-corrected chi connectivity index (χ2v) is 6.61. The van der Waals surface area contributed by atoms with Gasteiger partial charge in [0.25, 0.3) is 0 Å². The van der Waals surface area contributed by atoms with Gasteiger partial charge in [-0.3, -0.25) is 19.2 Å².